The Labute approximate surface area is 139 Å². The molecule has 0 spiro atoms. The molecule has 0 aromatic heterocycles. The molecule has 0 radical (unpaired) electrons. The molecule has 1 N–H and O–H groups in total. The zero-order valence-corrected chi connectivity index (χ0v) is 15.1. The van der Waals surface area contributed by atoms with Crippen LogP contribution in [-0.4, -0.2) is 25.3 Å². The molecule has 0 unspecified atom stereocenters. The number of rotatable bonds is 6. The highest BCUT2D eigenvalue weighted by atomic mass is 32.2. The Bertz CT molecular complexity index is 661. The van der Waals surface area contributed by atoms with Crippen molar-refractivity contribution in [1.29, 1.82) is 0 Å². The van der Waals surface area contributed by atoms with Gasteiger partial charge in [-0.2, -0.15) is 0 Å². The molecule has 1 aliphatic rings. The number of aryl methyl sites for hydroxylation is 2. The van der Waals surface area contributed by atoms with E-state index in [0.717, 1.165) is 42.4 Å². The number of amides is 1. The monoisotopic (exact) mass is 337 g/mol. The van der Waals surface area contributed by atoms with Gasteiger partial charge in [0.1, 0.15) is 0 Å². The second-order valence-electron chi connectivity index (χ2n) is 6.67. The van der Waals surface area contributed by atoms with Crippen molar-refractivity contribution in [2.45, 2.75) is 64.2 Å². The van der Waals surface area contributed by atoms with E-state index in [-0.39, 0.29) is 29.4 Å². The maximum Gasteiger partial charge on any atom is 0.221 e. The molecule has 0 saturated heterocycles. The first-order valence-electron chi connectivity index (χ1n) is 8.37. The Kier molecular flexibility index (Phi) is 5.84. The van der Waals surface area contributed by atoms with Crippen LogP contribution in [0.3, 0.4) is 0 Å². The molecule has 1 fully saturated rings. The SMILES string of the molecule is Cc1ccc(C)c([C@@H](C)NC(=O)CCS(=O)(=O)C2CCCC2)c1. The van der Waals surface area contributed by atoms with E-state index in [1.807, 2.05) is 32.9 Å². The first-order chi connectivity index (χ1) is 10.8. The summed E-state index contributed by atoms with van der Waals surface area (Å²) in [5.74, 6) is -0.233. The summed E-state index contributed by atoms with van der Waals surface area (Å²) in [5.41, 5.74) is 3.36. The van der Waals surface area contributed by atoms with Gasteiger partial charge < -0.3 is 5.32 Å². The molecule has 1 saturated carbocycles. The quantitative estimate of drug-likeness (QED) is 0.867. The number of benzene rings is 1. The minimum Gasteiger partial charge on any atom is -0.350 e. The summed E-state index contributed by atoms with van der Waals surface area (Å²) < 4.78 is 24.4. The smallest absolute Gasteiger partial charge is 0.221 e. The van der Waals surface area contributed by atoms with Crippen LogP contribution in [0.5, 0.6) is 0 Å². The first-order valence-corrected chi connectivity index (χ1v) is 10.1. The predicted octanol–water partition coefficient (Wildman–Crippen LogP) is 3.23. The summed E-state index contributed by atoms with van der Waals surface area (Å²) in [7, 11) is -3.13. The van der Waals surface area contributed by atoms with Crippen molar-refractivity contribution in [3.63, 3.8) is 0 Å². The molecule has 0 bridgehead atoms. The first kappa shape index (κ1) is 18.0. The average molecular weight is 337 g/mol. The summed E-state index contributed by atoms with van der Waals surface area (Å²) in [5, 5.41) is 2.69. The summed E-state index contributed by atoms with van der Waals surface area (Å²) in [6.07, 6.45) is 3.53. The summed E-state index contributed by atoms with van der Waals surface area (Å²) in [6.45, 7) is 5.97. The van der Waals surface area contributed by atoms with Gasteiger partial charge >= 0.3 is 0 Å². The van der Waals surface area contributed by atoms with Crippen LogP contribution in [0.15, 0.2) is 18.2 Å². The van der Waals surface area contributed by atoms with Crippen molar-refractivity contribution in [3.05, 3.63) is 34.9 Å². The number of carbonyl (C=O) groups is 1. The number of nitrogens with one attached hydrogen (secondary N) is 1. The van der Waals surface area contributed by atoms with E-state index in [1.54, 1.807) is 0 Å². The van der Waals surface area contributed by atoms with Gasteiger partial charge in [-0.05, 0) is 44.7 Å². The predicted molar refractivity (Wildman–Crippen MR) is 93.1 cm³/mol. The van der Waals surface area contributed by atoms with E-state index < -0.39 is 9.84 Å². The van der Waals surface area contributed by atoms with Crippen LogP contribution in [0, 0.1) is 13.8 Å². The third-order valence-electron chi connectivity index (χ3n) is 4.70. The average Bonchev–Trinajstić information content (AvgIpc) is 3.03. The van der Waals surface area contributed by atoms with Gasteiger partial charge in [0, 0.05) is 6.42 Å². The number of sulfone groups is 1. The highest BCUT2D eigenvalue weighted by Crippen LogP contribution is 2.25. The fraction of sp³-hybridized carbons (Fsp3) is 0.611. The van der Waals surface area contributed by atoms with Crippen LogP contribution < -0.4 is 5.32 Å². The fourth-order valence-electron chi connectivity index (χ4n) is 3.27. The normalized spacial score (nSPS) is 17.2. The Morgan fingerprint density at radius 1 is 1.26 bits per heavy atom. The van der Waals surface area contributed by atoms with Crippen molar-refractivity contribution >= 4 is 15.7 Å². The molecule has 1 amide bonds. The van der Waals surface area contributed by atoms with Crippen molar-refractivity contribution in [1.82, 2.24) is 5.32 Å². The van der Waals surface area contributed by atoms with Crippen molar-refractivity contribution < 1.29 is 13.2 Å². The molecule has 1 aromatic rings. The molecule has 0 aliphatic heterocycles. The maximum atomic E-state index is 12.2. The van der Waals surface area contributed by atoms with Gasteiger partial charge in [-0.1, -0.05) is 36.6 Å². The number of hydrogen-bond acceptors (Lipinski definition) is 3. The summed E-state index contributed by atoms with van der Waals surface area (Å²) in [4.78, 5) is 12.1. The highest BCUT2D eigenvalue weighted by molar-refractivity contribution is 7.92. The van der Waals surface area contributed by atoms with Gasteiger partial charge in [-0.15, -0.1) is 0 Å². The highest BCUT2D eigenvalue weighted by Gasteiger charge is 2.29. The van der Waals surface area contributed by atoms with Gasteiger partial charge in [-0.25, -0.2) is 8.42 Å². The largest absolute Gasteiger partial charge is 0.350 e. The standard InChI is InChI=1S/C18H27NO3S/c1-13-8-9-14(2)17(12-13)15(3)19-18(20)10-11-23(21,22)16-6-4-5-7-16/h8-9,12,15-16H,4-7,10-11H2,1-3H3,(H,19,20)/t15-/m1/s1. The lowest BCUT2D eigenvalue weighted by molar-refractivity contribution is -0.121. The molecule has 23 heavy (non-hydrogen) atoms. The van der Waals surface area contributed by atoms with Crippen LogP contribution >= 0.6 is 0 Å². The van der Waals surface area contributed by atoms with Crippen LogP contribution in [-0.2, 0) is 14.6 Å². The third kappa shape index (κ3) is 4.80. The van der Waals surface area contributed by atoms with E-state index in [0.29, 0.717) is 0 Å². The van der Waals surface area contributed by atoms with Gasteiger partial charge in [0.05, 0.1) is 17.0 Å². The lowest BCUT2D eigenvalue weighted by atomic mass is 10.00. The zero-order valence-electron chi connectivity index (χ0n) is 14.3. The van der Waals surface area contributed by atoms with Crippen molar-refractivity contribution in [3.8, 4) is 0 Å². The van der Waals surface area contributed by atoms with E-state index in [1.165, 1.54) is 0 Å². The second-order valence-corrected chi connectivity index (χ2v) is 9.07. The lowest BCUT2D eigenvalue weighted by Crippen LogP contribution is -2.30. The lowest BCUT2D eigenvalue weighted by Gasteiger charge is -2.18. The molecule has 0 heterocycles. The van der Waals surface area contributed by atoms with E-state index in [4.69, 9.17) is 0 Å². The van der Waals surface area contributed by atoms with E-state index >= 15 is 0 Å². The molecule has 128 valence electrons. The third-order valence-corrected chi connectivity index (χ3v) is 6.96. The van der Waals surface area contributed by atoms with Crippen LogP contribution in [0.25, 0.3) is 0 Å². The molecule has 1 atom stereocenters. The number of carbonyl (C=O) groups excluding carboxylic acids is 1. The van der Waals surface area contributed by atoms with E-state index in [9.17, 15) is 13.2 Å². The van der Waals surface area contributed by atoms with Gasteiger partial charge in [0.2, 0.25) is 5.91 Å². The minimum atomic E-state index is -3.13. The maximum absolute atomic E-state index is 12.2. The minimum absolute atomic E-state index is 0.0387. The molecule has 5 heteroatoms. The van der Waals surface area contributed by atoms with Gasteiger partial charge in [-0.3, -0.25) is 4.79 Å². The van der Waals surface area contributed by atoms with Crippen LogP contribution in [0.2, 0.25) is 0 Å². The zero-order chi connectivity index (χ0) is 17.0. The van der Waals surface area contributed by atoms with E-state index in [2.05, 4.69) is 11.4 Å². The number of hydrogen-bond donors (Lipinski definition) is 1. The molecular formula is C18H27NO3S. The summed E-state index contributed by atoms with van der Waals surface area (Å²) >= 11 is 0. The molecule has 4 nitrogen and oxygen atoms in total. The second kappa shape index (κ2) is 7.47. The molecule has 1 aliphatic carbocycles. The topological polar surface area (TPSA) is 63.2 Å². The fourth-order valence-corrected chi connectivity index (χ4v) is 5.12. The Morgan fingerprint density at radius 3 is 2.57 bits per heavy atom. The Hall–Kier alpha value is -1.36. The van der Waals surface area contributed by atoms with Crippen LogP contribution in [0.4, 0.5) is 0 Å². The molecule has 2 rings (SSSR count). The molecular weight excluding hydrogens is 310 g/mol. The van der Waals surface area contributed by atoms with Crippen LogP contribution in [0.1, 0.15) is 61.8 Å². The Balaban J connectivity index is 1.90. The molecule has 1 aromatic carbocycles. The van der Waals surface area contributed by atoms with Crippen molar-refractivity contribution in [2.75, 3.05) is 5.75 Å². The summed E-state index contributed by atoms with van der Waals surface area (Å²) in [6, 6.07) is 6.03. The van der Waals surface area contributed by atoms with Gasteiger partial charge in [0.15, 0.2) is 9.84 Å². The van der Waals surface area contributed by atoms with Gasteiger partial charge in [0.25, 0.3) is 0 Å². The van der Waals surface area contributed by atoms with Crippen molar-refractivity contribution in [2.24, 2.45) is 0 Å². The Morgan fingerprint density at radius 2 is 1.91 bits per heavy atom.